The second-order valence-electron chi connectivity index (χ2n) is 4.52. The lowest BCUT2D eigenvalue weighted by Gasteiger charge is -2.15. The number of nitrogens with two attached hydrogens (primary N) is 1. The molecule has 0 saturated carbocycles. The summed E-state index contributed by atoms with van der Waals surface area (Å²) >= 11 is 0. The maximum absolute atomic E-state index is 13.3. The van der Waals surface area contributed by atoms with Crippen LogP contribution in [0.2, 0.25) is 0 Å². The highest BCUT2D eigenvalue weighted by molar-refractivity contribution is 5.76. The van der Waals surface area contributed by atoms with Crippen molar-refractivity contribution in [2.24, 2.45) is 0 Å². The lowest BCUT2D eigenvalue weighted by Crippen LogP contribution is -2.00. The van der Waals surface area contributed by atoms with Crippen LogP contribution in [0.5, 0.6) is 5.75 Å². The fourth-order valence-corrected chi connectivity index (χ4v) is 2.10. The van der Waals surface area contributed by atoms with E-state index in [1.165, 1.54) is 18.2 Å². The van der Waals surface area contributed by atoms with Crippen LogP contribution >= 0.6 is 0 Å². The number of rotatable bonds is 3. The number of aryl methyl sites for hydroxylation is 2. The normalized spacial score (nSPS) is 10.3. The highest BCUT2D eigenvalue weighted by atomic mass is 19.1. The van der Waals surface area contributed by atoms with Crippen molar-refractivity contribution in [2.45, 2.75) is 13.8 Å². The number of nitrogen functional groups attached to an aromatic ring is 1. The summed E-state index contributed by atoms with van der Waals surface area (Å²) in [5.74, 6) is 0.398. The molecular weight excluding hydrogens is 243 g/mol. The van der Waals surface area contributed by atoms with E-state index in [0.29, 0.717) is 11.4 Å². The van der Waals surface area contributed by atoms with E-state index in [-0.39, 0.29) is 5.82 Å². The number of halogens is 1. The molecule has 2 aromatic rings. The zero-order chi connectivity index (χ0) is 14.0. The maximum Gasteiger partial charge on any atom is 0.145 e. The molecule has 3 nitrogen and oxygen atoms in total. The largest absolute Gasteiger partial charge is 0.494 e. The summed E-state index contributed by atoms with van der Waals surface area (Å²) in [5.41, 5.74) is 9.74. The van der Waals surface area contributed by atoms with E-state index in [9.17, 15) is 4.39 Å². The van der Waals surface area contributed by atoms with E-state index in [4.69, 9.17) is 10.5 Å². The first-order valence-corrected chi connectivity index (χ1v) is 5.98. The molecule has 0 spiro atoms. The van der Waals surface area contributed by atoms with E-state index < -0.39 is 0 Å². The molecule has 0 aromatic heterocycles. The third kappa shape index (κ3) is 2.78. The van der Waals surface area contributed by atoms with Gasteiger partial charge in [-0.25, -0.2) is 4.39 Å². The van der Waals surface area contributed by atoms with Crippen molar-refractivity contribution >= 4 is 17.1 Å². The summed E-state index contributed by atoms with van der Waals surface area (Å²) in [7, 11) is 1.61. The highest BCUT2D eigenvalue weighted by Crippen LogP contribution is 2.34. The summed E-state index contributed by atoms with van der Waals surface area (Å²) in [5, 5.41) is 3.12. The van der Waals surface area contributed by atoms with Crippen molar-refractivity contribution in [2.75, 3.05) is 18.2 Å². The van der Waals surface area contributed by atoms with Crippen LogP contribution in [0.25, 0.3) is 0 Å². The van der Waals surface area contributed by atoms with Gasteiger partial charge in [-0.05, 0) is 49.2 Å². The van der Waals surface area contributed by atoms with Gasteiger partial charge in [-0.1, -0.05) is 6.07 Å². The Morgan fingerprint density at radius 3 is 2.53 bits per heavy atom. The summed E-state index contributed by atoms with van der Waals surface area (Å²) in [6.07, 6.45) is 0. The first-order valence-electron chi connectivity index (χ1n) is 5.98. The van der Waals surface area contributed by atoms with Crippen molar-refractivity contribution in [1.82, 2.24) is 0 Å². The fourth-order valence-electron chi connectivity index (χ4n) is 2.10. The average molecular weight is 260 g/mol. The Morgan fingerprint density at radius 2 is 1.84 bits per heavy atom. The summed E-state index contributed by atoms with van der Waals surface area (Å²) in [6, 6.07) is 8.20. The van der Waals surface area contributed by atoms with E-state index in [1.807, 2.05) is 26.0 Å². The second-order valence-corrected chi connectivity index (χ2v) is 4.52. The predicted molar refractivity (Wildman–Crippen MR) is 76.6 cm³/mol. The van der Waals surface area contributed by atoms with Gasteiger partial charge < -0.3 is 15.8 Å². The Labute approximate surface area is 112 Å². The molecule has 0 atom stereocenters. The average Bonchev–Trinajstić information content (AvgIpc) is 2.33. The van der Waals surface area contributed by atoms with Gasteiger partial charge in [0.2, 0.25) is 0 Å². The Morgan fingerprint density at radius 1 is 1.11 bits per heavy atom. The minimum absolute atomic E-state index is 0.333. The van der Waals surface area contributed by atoms with Crippen molar-refractivity contribution in [3.8, 4) is 5.75 Å². The van der Waals surface area contributed by atoms with E-state index >= 15 is 0 Å². The van der Waals surface area contributed by atoms with Crippen molar-refractivity contribution < 1.29 is 9.13 Å². The SMILES string of the molecule is COc1c(C)cc(C)cc1Nc1cc(F)ccc1N. The van der Waals surface area contributed by atoms with E-state index in [1.54, 1.807) is 7.11 Å². The first kappa shape index (κ1) is 13.2. The summed E-state index contributed by atoms with van der Waals surface area (Å²) in [4.78, 5) is 0. The van der Waals surface area contributed by atoms with Crippen LogP contribution in [-0.4, -0.2) is 7.11 Å². The molecular formula is C15H17FN2O. The molecule has 0 saturated heterocycles. The van der Waals surface area contributed by atoms with Crippen molar-refractivity contribution in [3.63, 3.8) is 0 Å². The number of nitrogens with one attached hydrogen (secondary N) is 1. The topological polar surface area (TPSA) is 47.3 Å². The summed E-state index contributed by atoms with van der Waals surface area (Å²) < 4.78 is 18.6. The van der Waals surface area contributed by atoms with Gasteiger partial charge in [-0.2, -0.15) is 0 Å². The Bertz CT molecular complexity index is 611. The van der Waals surface area contributed by atoms with Crippen LogP contribution in [-0.2, 0) is 0 Å². The fraction of sp³-hybridized carbons (Fsp3) is 0.200. The minimum Gasteiger partial charge on any atom is -0.494 e. The standard InChI is InChI=1S/C15H17FN2O/c1-9-6-10(2)15(19-3)14(7-9)18-13-8-11(16)4-5-12(13)17/h4-8,18H,17H2,1-3H3. The van der Waals surface area contributed by atoms with Crippen LogP contribution in [0.3, 0.4) is 0 Å². The molecule has 0 aliphatic carbocycles. The molecule has 4 heteroatoms. The van der Waals surface area contributed by atoms with Crippen LogP contribution in [0.4, 0.5) is 21.5 Å². The molecule has 100 valence electrons. The maximum atomic E-state index is 13.3. The van der Waals surface area contributed by atoms with Crippen LogP contribution in [0, 0.1) is 19.7 Å². The smallest absolute Gasteiger partial charge is 0.145 e. The van der Waals surface area contributed by atoms with Crippen molar-refractivity contribution in [3.05, 3.63) is 47.3 Å². The molecule has 0 fully saturated rings. The lowest BCUT2D eigenvalue weighted by atomic mass is 10.1. The molecule has 0 unspecified atom stereocenters. The zero-order valence-electron chi connectivity index (χ0n) is 11.3. The number of benzene rings is 2. The molecule has 0 aliphatic rings. The highest BCUT2D eigenvalue weighted by Gasteiger charge is 2.09. The molecule has 0 bridgehead atoms. The van der Waals surface area contributed by atoms with E-state index in [2.05, 4.69) is 5.32 Å². The Kier molecular flexibility index (Phi) is 3.60. The first-order chi connectivity index (χ1) is 9.01. The van der Waals surface area contributed by atoms with Crippen LogP contribution in [0.1, 0.15) is 11.1 Å². The van der Waals surface area contributed by atoms with E-state index in [0.717, 1.165) is 22.6 Å². The third-order valence-electron chi connectivity index (χ3n) is 2.91. The molecule has 19 heavy (non-hydrogen) atoms. The number of hydrogen-bond acceptors (Lipinski definition) is 3. The number of methoxy groups -OCH3 is 1. The second kappa shape index (κ2) is 5.18. The Balaban J connectivity index is 2.45. The van der Waals surface area contributed by atoms with Crippen molar-refractivity contribution in [1.29, 1.82) is 0 Å². The molecule has 0 aliphatic heterocycles. The number of hydrogen-bond donors (Lipinski definition) is 2. The van der Waals surface area contributed by atoms with Crippen LogP contribution in [0.15, 0.2) is 30.3 Å². The predicted octanol–water partition coefficient (Wildman–Crippen LogP) is 3.78. The molecule has 0 heterocycles. The quantitative estimate of drug-likeness (QED) is 0.826. The number of ether oxygens (including phenoxy) is 1. The van der Waals surface area contributed by atoms with Gasteiger partial charge in [0.25, 0.3) is 0 Å². The minimum atomic E-state index is -0.333. The van der Waals surface area contributed by atoms with Gasteiger partial charge in [0.05, 0.1) is 24.2 Å². The molecule has 2 aromatic carbocycles. The van der Waals surface area contributed by atoms with Crippen LogP contribution < -0.4 is 15.8 Å². The monoisotopic (exact) mass is 260 g/mol. The van der Waals surface area contributed by atoms with Gasteiger partial charge in [0.15, 0.2) is 0 Å². The molecule has 0 amide bonds. The van der Waals surface area contributed by atoms with Gasteiger partial charge >= 0.3 is 0 Å². The Hall–Kier alpha value is -2.23. The lowest BCUT2D eigenvalue weighted by molar-refractivity contribution is 0.413. The van der Waals surface area contributed by atoms with Gasteiger partial charge in [0, 0.05) is 0 Å². The van der Waals surface area contributed by atoms with Gasteiger partial charge in [-0.15, -0.1) is 0 Å². The third-order valence-corrected chi connectivity index (χ3v) is 2.91. The molecule has 0 radical (unpaired) electrons. The van der Waals surface area contributed by atoms with Gasteiger partial charge in [-0.3, -0.25) is 0 Å². The summed E-state index contributed by atoms with van der Waals surface area (Å²) in [6.45, 7) is 3.96. The molecule has 3 N–H and O–H groups in total. The van der Waals surface area contributed by atoms with Gasteiger partial charge in [0.1, 0.15) is 11.6 Å². The number of anilines is 3. The zero-order valence-corrected chi connectivity index (χ0v) is 11.3. The molecule has 2 rings (SSSR count).